The number of nitrogens with zero attached hydrogens (tertiary/aromatic N) is 1. The normalized spacial score (nSPS) is 11.6. The zero-order valence-corrected chi connectivity index (χ0v) is 16.3. The topological polar surface area (TPSA) is 133 Å². The van der Waals surface area contributed by atoms with Crippen LogP contribution in [-0.4, -0.2) is 35.5 Å². The zero-order chi connectivity index (χ0) is 20.9. The van der Waals surface area contributed by atoms with Gasteiger partial charge >= 0.3 is 0 Å². The number of hydrogen-bond donors (Lipinski definition) is 2. The van der Waals surface area contributed by atoms with Gasteiger partial charge in [-0.05, 0) is 42.5 Å². The van der Waals surface area contributed by atoms with Crippen LogP contribution in [0.5, 0.6) is 0 Å². The van der Waals surface area contributed by atoms with Gasteiger partial charge in [0.1, 0.15) is 5.82 Å². The Balaban J connectivity index is 2.19. The van der Waals surface area contributed by atoms with Crippen molar-refractivity contribution < 1.29 is 26.0 Å². The molecule has 2 rings (SSSR count). The summed E-state index contributed by atoms with van der Waals surface area (Å²) in [4.78, 5) is 12.0. The van der Waals surface area contributed by atoms with E-state index < -0.39 is 31.6 Å². The van der Waals surface area contributed by atoms with Crippen molar-refractivity contribution in [3.63, 3.8) is 0 Å². The molecule has 0 bridgehead atoms. The Bertz CT molecular complexity index is 1140. The first-order chi connectivity index (χ1) is 13.0. The monoisotopic (exact) mass is 425 g/mol. The molecule has 0 atom stereocenters. The van der Waals surface area contributed by atoms with Crippen molar-refractivity contribution in [2.45, 2.75) is 16.2 Å². The number of nitrogens with one attached hydrogen (secondary N) is 2. The molecule has 0 radical (unpaired) electrons. The Morgan fingerprint density at radius 3 is 2.25 bits per heavy atom. The minimum atomic E-state index is -3.82. The van der Waals surface area contributed by atoms with Crippen molar-refractivity contribution in [1.82, 2.24) is 4.72 Å². The molecule has 0 heterocycles. The summed E-state index contributed by atoms with van der Waals surface area (Å²) in [6.45, 7) is -0.0446. The van der Waals surface area contributed by atoms with E-state index in [9.17, 15) is 26.0 Å². The number of anilines is 1. The molecular formula is C17H16FN3O5S2. The summed E-state index contributed by atoms with van der Waals surface area (Å²) in [5, 5.41) is 10.7. The molecule has 1 amide bonds. The maximum absolute atomic E-state index is 13.9. The molecule has 0 saturated carbocycles. The second-order valence-corrected chi connectivity index (χ2v) is 9.48. The summed E-state index contributed by atoms with van der Waals surface area (Å²) in [6.07, 6.45) is 0.966. The third kappa shape index (κ3) is 5.35. The summed E-state index contributed by atoms with van der Waals surface area (Å²) >= 11 is 0. The van der Waals surface area contributed by atoms with Gasteiger partial charge in [-0.2, -0.15) is 5.26 Å². The predicted molar refractivity (Wildman–Crippen MR) is 99.3 cm³/mol. The molecule has 0 unspecified atom stereocenters. The average Bonchev–Trinajstić information content (AvgIpc) is 2.63. The van der Waals surface area contributed by atoms with E-state index in [1.165, 1.54) is 24.3 Å². The molecule has 0 fully saturated rings. The van der Waals surface area contributed by atoms with Gasteiger partial charge in [-0.15, -0.1) is 0 Å². The van der Waals surface area contributed by atoms with Gasteiger partial charge in [-0.1, -0.05) is 0 Å². The van der Waals surface area contributed by atoms with Crippen molar-refractivity contribution in [3.8, 4) is 6.07 Å². The van der Waals surface area contributed by atoms with Gasteiger partial charge in [0.05, 0.1) is 21.5 Å². The van der Waals surface area contributed by atoms with E-state index >= 15 is 0 Å². The number of rotatable bonds is 7. The molecule has 148 valence electrons. The molecule has 8 nitrogen and oxygen atoms in total. The Morgan fingerprint density at radius 2 is 1.68 bits per heavy atom. The van der Waals surface area contributed by atoms with E-state index in [0.717, 1.165) is 24.5 Å². The molecule has 2 aromatic rings. The van der Waals surface area contributed by atoms with E-state index in [2.05, 4.69) is 10.0 Å². The average molecular weight is 425 g/mol. The van der Waals surface area contributed by atoms with Crippen LogP contribution >= 0.6 is 0 Å². The molecule has 2 N–H and O–H groups in total. The molecule has 0 aromatic heterocycles. The van der Waals surface area contributed by atoms with E-state index in [0.29, 0.717) is 0 Å². The highest BCUT2D eigenvalue weighted by Crippen LogP contribution is 2.20. The van der Waals surface area contributed by atoms with Crippen molar-refractivity contribution in [3.05, 3.63) is 53.8 Å². The van der Waals surface area contributed by atoms with Crippen LogP contribution in [0.4, 0.5) is 10.1 Å². The number of benzene rings is 2. The molecule has 0 aliphatic heterocycles. The number of sulfonamides is 1. The summed E-state index contributed by atoms with van der Waals surface area (Å²) < 4.78 is 63.3. The van der Waals surface area contributed by atoms with Gasteiger partial charge < -0.3 is 5.32 Å². The lowest BCUT2D eigenvalue weighted by Crippen LogP contribution is -2.24. The highest BCUT2D eigenvalue weighted by molar-refractivity contribution is 7.90. The standard InChI is InChI=1S/C17H16FN3O5S2/c1-27(23,24)14-7-8-15(18)16(11-14)21-17(22)12-3-5-13(6-4-12)28(25,26)20-10-2-9-19/h3-8,11,20H,2,10H2,1H3,(H,21,22). The highest BCUT2D eigenvalue weighted by Gasteiger charge is 2.16. The lowest BCUT2D eigenvalue weighted by molar-refractivity contribution is 0.102. The second kappa shape index (κ2) is 8.47. The van der Waals surface area contributed by atoms with Crippen LogP contribution < -0.4 is 10.0 Å². The molecule has 0 spiro atoms. The SMILES string of the molecule is CS(=O)(=O)c1ccc(F)c(NC(=O)c2ccc(S(=O)(=O)NCCC#N)cc2)c1. The molecule has 0 aliphatic rings. The number of carbonyl (C=O) groups is 1. The van der Waals surface area contributed by atoms with Crippen LogP contribution in [0.25, 0.3) is 0 Å². The first-order valence-corrected chi connectivity index (χ1v) is 11.2. The van der Waals surface area contributed by atoms with Gasteiger partial charge in [-0.3, -0.25) is 4.79 Å². The zero-order valence-electron chi connectivity index (χ0n) is 14.6. The molecule has 28 heavy (non-hydrogen) atoms. The minimum Gasteiger partial charge on any atom is -0.319 e. The van der Waals surface area contributed by atoms with Gasteiger partial charge in [0.25, 0.3) is 5.91 Å². The molecule has 11 heteroatoms. The molecule has 2 aromatic carbocycles. The van der Waals surface area contributed by atoms with Crippen LogP contribution in [0.3, 0.4) is 0 Å². The fourth-order valence-corrected chi connectivity index (χ4v) is 3.81. The van der Waals surface area contributed by atoms with Crippen molar-refractivity contribution in [2.75, 3.05) is 18.1 Å². The van der Waals surface area contributed by atoms with E-state index in [4.69, 9.17) is 5.26 Å². The lowest BCUT2D eigenvalue weighted by atomic mass is 10.2. The third-order valence-corrected chi connectivity index (χ3v) is 6.16. The first-order valence-electron chi connectivity index (χ1n) is 7.82. The summed E-state index contributed by atoms with van der Waals surface area (Å²) in [7, 11) is -7.41. The smallest absolute Gasteiger partial charge is 0.255 e. The highest BCUT2D eigenvalue weighted by atomic mass is 32.2. The second-order valence-electron chi connectivity index (χ2n) is 5.70. The third-order valence-electron chi connectivity index (χ3n) is 3.57. The van der Waals surface area contributed by atoms with E-state index in [-0.39, 0.29) is 34.0 Å². The molecule has 0 aliphatic carbocycles. The number of halogens is 1. The fourth-order valence-electron chi connectivity index (χ4n) is 2.14. The maximum atomic E-state index is 13.9. The van der Waals surface area contributed by atoms with Crippen LogP contribution in [0, 0.1) is 17.1 Å². The van der Waals surface area contributed by atoms with Crippen molar-refractivity contribution in [1.29, 1.82) is 5.26 Å². The fraction of sp³-hybridized carbons (Fsp3) is 0.176. The number of amides is 1. The van der Waals surface area contributed by atoms with Gasteiger partial charge in [0, 0.05) is 24.8 Å². The first kappa shape index (κ1) is 21.5. The van der Waals surface area contributed by atoms with Crippen LogP contribution in [0.1, 0.15) is 16.8 Å². The van der Waals surface area contributed by atoms with Crippen LogP contribution in [0.2, 0.25) is 0 Å². The van der Waals surface area contributed by atoms with Gasteiger partial charge in [-0.25, -0.2) is 25.9 Å². The van der Waals surface area contributed by atoms with Gasteiger partial charge in [0.15, 0.2) is 9.84 Å². The van der Waals surface area contributed by atoms with Gasteiger partial charge in [0.2, 0.25) is 10.0 Å². The summed E-state index contributed by atoms with van der Waals surface area (Å²) in [5.74, 6) is -1.56. The summed E-state index contributed by atoms with van der Waals surface area (Å²) in [6, 6.07) is 9.65. The largest absolute Gasteiger partial charge is 0.319 e. The maximum Gasteiger partial charge on any atom is 0.255 e. The predicted octanol–water partition coefficient (Wildman–Crippen LogP) is 1.67. The summed E-state index contributed by atoms with van der Waals surface area (Å²) in [5.41, 5.74) is -0.275. The van der Waals surface area contributed by atoms with Crippen LogP contribution in [-0.2, 0) is 19.9 Å². The number of nitriles is 1. The number of sulfone groups is 1. The Kier molecular flexibility index (Phi) is 6.50. The Labute approximate surface area is 162 Å². The quantitative estimate of drug-likeness (QED) is 0.512. The van der Waals surface area contributed by atoms with Crippen molar-refractivity contribution in [2.24, 2.45) is 0 Å². The van der Waals surface area contributed by atoms with Crippen molar-refractivity contribution >= 4 is 31.5 Å². The molecular weight excluding hydrogens is 409 g/mol. The van der Waals surface area contributed by atoms with E-state index in [1.54, 1.807) is 0 Å². The number of hydrogen-bond acceptors (Lipinski definition) is 6. The Morgan fingerprint density at radius 1 is 1.07 bits per heavy atom. The lowest BCUT2D eigenvalue weighted by Gasteiger charge is -2.09. The van der Waals surface area contributed by atoms with Crippen LogP contribution in [0.15, 0.2) is 52.3 Å². The minimum absolute atomic E-state index is 0.0117. The number of carbonyl (C=O) groups excluding carboxylic acids is 1. The van der Waals surface area contributed by atoms with E-state index in [1.807, 2.05) is 6.07 Å². The Hall–Kier alpha value is -2.81. The molecule has 0 saturated heterocycles.